The van der Waals surface area contributed by atoms with E-state index in [0.717, 1.165) is 0 Å². The molecule has 7 heteroatoms. The Labute approximate surface area is 122 Å². The Morgan fingerprint density at radius 1 is 1.29 bits per heavy atom. The summed E-state index contributed by atoms with van der Waals surface area (Å²) in [5, 5.41) is 2.81. The fourth-order valence-electron chi connectivity index (χ4n) is 3.24. The SMILES string of the molecule is NCC1(C(=O)NC2CCCC(C(F)(F)F)C2)CCOCC1. The number of alkyl halides is 3. The minimum absolute atomic E-state index is 0.0214. The van der Waals surface area contributed by atoms with Crippen molar-refractivity contribution in [2.45, 2.75) is 50.7 Å². The van der Waals surface area contributed by atoms with E-state index in [1.807, 2.05) is 0 Å². The summed E-state index contributed by atoms with van der Waals surface area (Å²) in [5.41, 5.74) is 5.07. The van der Waals surface area contributed by atoms with E-state index in [0.29, 0.717) is 38.9 Å². The highest BCUT2D eigenvalue weighted by Crippen LogP contribution is 2.38. The predicted molar refractivity (Wildman–Crippen MR) is 71.5 cm³/mol. The predicted octanol–water partition coefficient (Wildman–Crippen LogP) is 1.98. The molecular weight excluding hydrogens is 285 g/mol. The van der Waals surface area contributed by atoms with Crippen molar-refractivity contribution >= 4 is 5.91 Å². The van der Waals surface area contributed by atoms with Gasteiger partial charge in [-0.15, -0.1) is 0 Å². The molecule has 2 fully saturated rings. The summed E-state index contributed by atoms with van der Waals surface area (Å²) in [6.45, 7) is 1.15. The Morgan fingerprint density at radius 2 is 1.95 bits per heavy atom. The fraction of sp³-hybridized carbons (Fsp3) is 0.929. The Bertz CT molecular complexity index is 368. The molecule has 2 atom stereocenters. The maximum absolute atomic E-state index is 12.8. The van der Waals surface area contributed by atoms with Crippen molar-refractivity contribution in [2.75, 3.05) is 19.8 Å². The normalized spacial score (nSPS) is 29.9. The molecule has 3 N–H and O–H groups in total. The van der Waals surface area contributed by atoms with Crippen LogP contribution in [0.3, 0.4) is 0 Å². The molecular formula is C14H23F3N2O2. The van der Waals surface area contributed by atoms with Gasteiger partial charge in [0.15, 0.2) is 0 Å². The van der Waals surface area contributed by atoms with Gasteiger partial charge in [0.05, 0.1) is 11.3 Å². The van der Waals surface area contributed by atoms with Gasteiger partial charge in [-0.05, 0) is 32.1 Å². The molecule has 122 valence electrons. The van der Waals surface area contributed by atoms with E-state index in [4.69, 9.17) is 10.5 Å². The van der Waals surface area contributed by atoms with E-state index >= 15 is 0 Å². The smallest absolute Gasteiger partial charge is 0.381 e. The molecule has 0 radical (unpaired) electrons. The maximum Gasteiger partial charge on any atom is 0.391 e. The highest BCUT2D eigenvalue weighted by Gasteiger charge is 2.44. The van der Waals surface area contributed by atoms with Crippen LogP contribution in [0.25, 0.3) is 0 Å². The second kappa shape index (κ2) is 6.52. The topological polar surface area (TPSA) is 64.4 Å². The van der Waals surface area contributed by atoms with Gasteiger partial charge >= 0.3 is 6.18 Å². The number of carbonyl (C=O) groups is 1. The van der Waals surface area contributed by atoms with Crippen LogP contribution in [0.2, 0.25) is 0 Å². The van der Waals surface area contributed by atoms with Gasteiger partial charge in [-0.25, -0.2) is 0 Å². The van der Waals surface area contributed by atoms with Gasteiger partial charge in [0.2, 0.25) is 5.91 Å². The summed E-state index contributed by atoms with van der Waals surface area (Å²) in [6, 6.07) is -0.399. The summed E-state index contributed by atoms with van der Waals surface area (Å²) in [7, 11) is 0. The standard InChI is InChI=1S/C14H23F3N2O2/c15-14(16,17)10-2-1-3-11(8-10)19-12(20)13(9-18)4-6-21-7-5-13/h10-11H,1-9,18H2,(H,19,20). The lowest BCUT2D eigenvalue weighted by Crippen LogP contribution is -2.53. The first-order chi connectivity index (χ1) is 9.87. The molecule has 4 nitrogen and oxygen atoms in total. The molecule has 0 aromatic heterocycles. The maximum atomic E-state index is 12.8. The molecule has 1 aliphatic heterocycles. The molecule has 0 aromatic rings. The number of nitrogens with two attached hydrogens (primary N) is 1. The monoisotopic (exact) mass is 308 g/mol. The average molecular weight is 308 g/mol. The first-order valence-electron chi connectivity index (χ1n) is 7.53. The Morgan fingerprint density at radius 3 is 2.52 bits per heavy atom. The van der Waals surface area contributed by atoms with Crippen LogP contribution < -0.4 is 11.1 Å². The van der Waals surface area contributed by atoms with Crippen molar-refractivity contribution in [1.29, 1.82) is 0 Å². The summed E-state index contributed by atoms with van der Waals surface area (Å²) in [4.78, 5) is 12.4. The van der Waals surface area contributed by atoms with Crippen LogP contribution in [-0.2, 0) is 9.53 Å². The zero-order chi connectivity index (χ0) is 15.5. The molecule has 2 unspecified atom stereocenters. The molecule has 2 rings (SSSR count). The van der Waals surface area contributed by atoms with Gasteiger partial charge in [-0.3, -0.25) is 4.79 Å². The van der Waals surface area contributed by atoms with E-state index in [1.54, 1.807) is 0 Å². The lowest BCUT2D eigenvalue weighted by Gasteiger charge is -2.37. The first kappa shape index (κ1) is 16.5. The van der Waals surface area contributed by atoms with Gasteiger partial charge in [-0.2, -0.15) is 13.2 Å². The summed E-state index contributed by atoms with van der Waals surface area (Å²) in [6.07, 6.45) is -1.87. The van der Waals surface area contributed by atoms with Crippen LogP contribution in [0.5, 0.6) is 0 Å². The van der Waals surface area contributed by atoms with Crippen LogP contribution in [0.1, 0.15) is 38.5 Å². The molecule has 2 aliphatic rings. The Hall–Kier alpha value is -0.820. The molecule has 0 aromatic carbocycles. The molecule has 21 heavy (non-hydrogen) atoms. The zero-order valence-electron chi connectivity index (χ0n) is 12.0. The number of rotatable bonds is 3. The molecule has 1 heterocycles. The van der Waals surface area contributed by atoms with Crippen molar-refractivity contribution in [3.05, 3.63) is 0 Å². The second-order valence-corrected chi connectivity index (χ2v) is 6.17. The number of ether oxygens (including phenoxy) is 1. The van der Waals surface area contributed by atoms with Crippen molar-refractivity contribution in [3.8, 4) is 0 Å². The number of halogens is 3. The highest BCUT2D eigenvalue weighted by molar-refractivity contribution is 5.83. The lowest BCUT2D eigenvalue weighted by atomic mass is 9.78. The molecule has 0 spiro atoms. The quantitative estimate of drug-likeness (QED) is 0.838. The number of hydrogen-bond donors (Lipinski definition) is 2. The molecule has 1 saturated carbocycles. The van der Waals surface area contributed by atoms with Crippen molar-refractivity contribution in [2.24, 2.45) is 17.1 Å². The molecule has 1 saturated heterocycles. The van der Waals surface area contributed by atoms with Crippen LogP contribution in [0.4, 0.5) is 13.2 Å². The first-order valence-corrected chi connectivity index (χ1v) is 7.53. The van der Waals surface area contributed by atoms with Gasteiger partial charge < -0.3 is 15.8 Å². The van der Waals surface area contributed by atoms with E-state index in [9.17, 15) is 18.0 Å². The van der Waals surface area contributed by atoms with Crippen LogP contribution >= 0.6 is 0 Å². The van der Waals surface area contributed by atoms with Crippen LogP contribution in [0.15, 0.2) is 0 Å². The number of hydrogen-bond acceptors (Lipinski definition) is 3. The second-order valence-electron chi connectivity index (χ2n) is 6.17. The third kappa shape index (κ3) is 3.88. The lowest BCUT2D eigenvalue weighted by molar-refractivity contribution is -0.184. The van der Waals surface area contributed by atoms with Gasteiger partial charge in [-0.1, -0.05) is 6.42 Å². The van der Waals surface area contributed by atoms with Crippen LogP contribution in [0, 0.1) is 11.3 Å². The minimum Gasteiger partial charge on any atom is -0.381 e. The van der Waals surface area contributed by atoms with Gasteiger partial charge in [0.25, 0.3) is 0 Å². The Balaban J connectivity index is 1.95. The van der Waals surface area contributed by atoms with Crippen molar-refractivity contribution in [3.63, 3.8) is 0 Å². The van der Waals surface area contributed by atoms with Gasteiger partial charge in [0.1, 0.15) is 0 Å². The molecule has 0 bridgehead atoms. The van der Waals surface area contributed by atoms with Gasteiger partial charge in [0, 0.05) is 25.8 Å². The number of nitrogens with one attached hydrogen (secondary N) is 1. The number of carbonyl (C=O) groups excluding carboxylic acids is 1. The largest absolute Gasteiger partial charge is 0.391 e. The van der Waals surface area contributed by atoms with Crippen molar-refractivity contribution in [1.82, 2.24) is 5.32 Å². The summed E-state index contributed by atoms with van der Waals surface area (Å²) in [5.74, 6) is -1.51. The molecule has 1 aliphatic carbocycles. The number of amides is 1. The van der Waals surface area contributed by atoms with E-state index in [-0.39, 0.29) is 25.3 Å². The summed E-state index contributed by atoms with van der Waals surface area (Å²) >= 11 is 0. The third-order valence-electron chi connectivity index (χ3n) is 4.79. The highest BCUT2D eigenvalue weighted by atomic mass is 19.4. The third-order valence-corrected chi connectivity index (χ3v) is 4.79. The Kier molecular flexibility index (Phi) is 5.14. The van der Waals surface area contributed by atoms with E-state index < -0.39 is 23.6 Å². The average Bonchev–Trinajstić information content (AvgIpc) is 2.47. The summed E-state index contributed by atoms with van der Waals surface area (Å²) < 4.78 is 43.6. The van der Waals surface area contributed by atoms with E-state index in [1.165, 1.54) is 0 Å². The van der Waals surface area contributed by atoms with Crippen LogP contribution in [-0.4, -0.2) is 37.9 Å². The van der Waals surface area contributed by atoms with E-state index in [2.05, 4.69) is 5.32 Å². The van der Waals surface area contributed by atoms with Crippen molar-refractivity contribution < 1.29 is 22.7 Å². The fourth-order valence-corrected chi connectivity index (χ4v) is 3.24. The molecule has 1 amide bonds. The minimum atomic E-state index is -4.17. The zero-order valence-corrected chi connectivity index (χ0v) is 12.0.